The van der Waals surface area contributed by atoms with Gasteiger partial charge in [-0.3, -0.25) is 14.2 Å². The van der Waals surface area contributed by atoms with E-state index in [2.05, 4.69) is 5.32 Å². The quantitative estimate of drug-likeness (QED) is 0.533. The summed E-state index contributed by atoms with van der Waals surface area (Å²) in [6, 6.07) is 12.2. The third-order valence-corrected chi connectivity index (χ3v) is 8.79. The van der Waals surface area contributed by atoms with E-state index in [1.807, 2.05) is 19.9 Å². The molecule has 1 unspecified atom stereocenters. The first-order valence-corrected chi connectivity index (χ1v) is 13.6. The molecule has 3 aromatic rings. The molecule has 10 heteroatoms. The van der Waals surface area contributed by atoms with Gasteiger partial charge in [0.2, 0.25) is 15.9 Å². The van der Waals surface area contributed by atoms with E-state index in [9.17, 15) is 18.0 Å². The number of sulfonamides is 1. The highest BCUT2D eigenvalue weighted by molar-refractivity contribution is 7.88. The molecule has 1 saturated heterocycles. The molecule has 4 rings (SSSR count). The second-order valence-electron chi connectivity index (χ2n) is 8.58. The Hall–Kier alpha value is -2.20. The van der Waals surface area contributed by atoms with Crippen LogP contribution in [0.4, 0.5) is 5.69 Å². The van der Waals surface area contributed by atoms with Crippen molar-refractivity contribution >= 4 is 54.8 Å². The predicted molar refractivity (Wildman–Crippen MR) is 133 cm³/mol. The molecule has 1 atom stereocenters. The molecule has 0 bridgehead atoms. The molecule has 7 nitrogen and oxygen atoms in total. The van der Waals surface area contributed by atoms with Gasteiger partial charge in [-0.15, -0.1) is 0 Å². The van der Waals surface area contributed by atoms with Crippen molar-refractivity contribution < 1.29 is 13.2 Å². The van der Waals surface area contributed by atoms with Gasteiger partial charge in [0.1, 0.15) is 0 Å². The highest BCUT2D eigenvalue weighted by atomic mass is 35.5. The number of hydrogen-bond acceptors (Lipinski definition) is 5. The van der Waals surface area contributed by atoms with Gasteiger partial charge in [0, 0.05) is 29.8 Å². The van der Waals surface area contributed by atoms with Crippen molar-refractivity contribution in [1.82, 2.24) is 8.87 Å². The SMILES string of the molecule is CC(C)n1c(=O)sc2cc(NC(=O)C3CCCN(S(=O)(=O)Cc4ccc(Cl)cc4)C3)ccc21. The van der Waals surface area contributed by atoms with Crippen LogP contribution in [-0.4, -0.2) is 36.3 Å². The van der Waals surface area contributed by atoms with E-state index in [0.717, 1.165) is 21.6 Å². The molecule has 2 heterocycles. The van der Waals surface area contributed by atoms with Crippen molar-refractivity contribution in [2.75, 3.05) is 18.4 Å². The Morgan fingerprint density at radius 1 is 1.21 bits per heavy atom. The topological polar surface area (TPSA) is 88.5 Å². The Morgan fingerprint density at radius 3 is 2.64 bits per heavy atom. The summed E-state index contributed by atoms with van der Waals surface area (Å²) in [4.78, 5) is 25.2. The van der Waals surface area contributed by atoms with E-state index in [4.69, 9.17) is 11.6 Å². The lowest BCUT2D eigenvalue weighted by molar-refractivity contribution is -0.120. The number of carbonyl (C=O) groups excluding carboxylic acids is 1. The van der Waals surface area contributed by atoms with Gasteiger partial charge in [-0.1, -0.05) is 35.1 Å². The molecule has 1 fully saturated rings. The van der Waals surface area contributed by atoms with Gasteiger partial charge in [0.25, 0.3) is 0 Å². The molecule has 2 aromatic carbocycles. The summed E-state index contributed by atoms with van der Waals surface area (Å²) >= 11 is 7.04. The first-order valence-electron chi connectivity index (χ1n) is 10.8. The molecule has 1 amide bonds. The molecule has 33 heavy (non-hydrogen) atoms. The summed E-state index contributed by atoms with van der Waals surface area (Å²) in [5.74, 6) is -0.772. The van der Waals surface area contributed by atoms with Crippen molar-refractivity contribution in [3.05, 3.63) is 62.7 Å². The number of nitrogens with one attached hydrogen (secondary N) is 1. The minimum atomic E-state index is -3.55. The number of hydrogen-bond donors (Lipinski definition) is 1. The fourth-order valence-corrected chi connectivity index (χ4v) is 6.93. The van der Waals surface area contributed by atoms with Crippen LogP contribution < -0.4 is 10.2 Å². The third-order valence-electron chi connectivity index (χ3n) is 5.81. The summed E-state index contributed by atoms with van der Waals surface area (Å²) in [5.41, 5.74) is 2.10. The van der Waals surface area contributed by atoms with Gasteiger partial charge in [0.05, 0.1) is 21.9 Å². The zero-order valence-electron chi connectivity index (χ0n) is 18.5. The summed E-state index contributed by atoms with van der Waals surface area (Å²) in [6.45, 7) is 4.47. The van der Waals surface area contributed by atoms with Crippen LogP contribution in [0.3, 0.4) is 0 Å². The number of thiazole rings is 1. The molecule has 0 spiro atoms. The lowest BCUT2D eigenvalue weighted by atomic mass is 9.98. The van der Waals surface area contributed by atoms with E-state index >= 15 is 0 Å². The number of benzene rings is 2. The molecule has 1 aromatic heterocycles. The molecule has 1 N–H and O–H groups in total. The first kappa shape index (κ1) is 23.9. The third kappa shape index (κ3) is 5.32. The Kier molecular flexibility index (Phi) is 6.95. The lowest BCUT2D eigenvalue weighted by Gasteiger charge is -2.31. The fourth-order valence-electron chi connectivity index (χ4n) is 4.14. The Bertz CT molecular complexity index is 1330. The second kappa shape index (κ2) is 9.58. The van der Waals surface area contributed by atoms with Crippen LogP contribution in [0.25, 0.3) is 10.2 Å². The molecular formula is C23H26ClN3O4S2. The van der Waals surface area contributed by atoms with Crippen LogP contribution in [0, 0.1) is 5.92 Å². The van der Waals surface area contributed by atoms with Crippen LogP contribution >= 0.6 is 22.9 Å². The molecule has 1 aliphatic rings. The highest BCUT2D eigenvalue weighted by Gasteiger charge is 2.32. The van der Waals surface area contributed by atoms with E-state index < -0.39 is 15.9 Å². The average molecular weight is 508 g/mol. The maximum atomic E-state index is 12.9. The predicted octanol–water partition coefficient (Wildman–Crippen LogP) is 4.48. The van der Waals surface area contributed by atoms with Crippen molar-refractivity contribution in [1.29, 1.82) is 0 Å². The maximum Gasteiger partial charge on any atom is 0.308 e. The molecule has 0 radical (unpaired) electrons. The largest absolute Gasteiger partial charge is 0.326 e. The molecule has 176 valence electrons. The Labute approximate surface area is 202 Å². The van der Waals surface area contributed by atoms with Gasteiger partial charge in [-0.25, -0.2) is 12.7 Å². The van der Waals surface area contributed by atoms with Gasteiger partial charge >= 0.3 is 4.87 Å². The van der Waals surface area contributed by atoms with Gasteiger partial charge < -0.3 is 5.32 Å². The van der Waals surface area contributed by atoms with Crippen molar-refractivity contribution in [3.63, 3.8) is 0 Å². The van der Waals surface area contributed by atoms with E-state index in [1.54, 1.807) is 41.0 Å². The second-order valence-corrected chi connectivity index (χ2v) is 12.0. The molecule has 0 aliphatic carbocycles. The monoisotopic (exact) mass is 507 g/mol. The van der Waals surface area contributed by atoms with E-state index in [1.165, 1.54) is 4.31 Å². The number of nitrogens with zero attached hydrogens (tertiary/aromatic N) is 2. The van der Waals surface area contributed by atoms with Gasteiger partial charge in [0.15, 0.2) is 0 Å². The standard InChI is InChI=1S/C23H26ClN3O4S2/c1-15(2)27-20-10-9-19(12-21(20)32-23(27)29)25-22(28)17-4-3-11-26(13-17)33(30,31)14-16-5-7-18(24)8-6-16/h5-10,12,15,17H,3-4,11,13-14H2,1-2H3,(H,25,28). The Balaban J connectivity index is 1.45. The summed E-state index contributed by atoms with van der Waals surface area (Å²) in [6.07, 6.45) is 1.24. The number of halogens is 1. The minimum absolute atomic E-state index is 0.0303. The van der Waals surface area contributed by atoms with Crippen molar-refractivity contribution in [2.45, 2.75) is 38.5 Å². The van der Waals surface area contributed by atoms with Crippen LogP contribution in [0.5, 0.6) is 0 Å². The number of rotatable bonds is 6. The zero-order valence-corrected chi connectivity index (χ0v) is 20.8. The highest BCUT2D eigenvalue weighted by Crippen LogP contribution is 2.26. The maximum absolute atomic E-state index is 12.9. The molecule has 0 saturated carbocycles. The normalized spacial score (nSPS) is 17.5. The number of piperidine rings is 1. The summed E-state index contributed by atoms with van der Waals surface area (Å²) in [5, 5.41) is 3.46. The van der Waals surface area contributed by atoms with Crippen molar-refractivity contribution in [3.8, 4) is 0 Å². The lowest BCUT2D eigenvalue weighted by Crippen LogP contribution is -2.44. The number of fused-ring (bicyclic) bond motifs is 1. The summed E-state index contributed by atoms with van der Waals surface area (Å²) in [7, 11) is -3.55. The zero-order chi connectivity index (χ0) is 23.8. The van der Waals surface area contributed by atoms with E-state index in [-0.39, 0.29) is 29.1 Å². The molecular weight excluding hydrogens is 482 g/mol. The van der Waals surface area contributed by atoms with E-state index in [0.29, 0.717) is 35.7 Å². The number of anilines is 1. The van der Waals surface area contributed by atoms with Crippen LogP contribution in [-0.2, 0) is 20.6 Å². The number of aromatic nitrogens is 1. The smallest absolute Gasteiger partial charge is 0.308 e. The molecule has 1 aliphatic heterocycles. The van der Waals surface area contributed by atoms with Crippen molar-refractivity contribution in [2.24, 2.45) is 5.92 Å². The first-order chi connectivity index (χ1) is 15.6. The van der Waals surface area contributed by atoms with Gasteiger partial charge in [-0.2, -0.15) is 0 Å². The van der Waals surface area contributed by atoms with Crippen LogP contribution in [0.2, 0.25) is 5.02 Å². The van der Waals surface area contributed by atoms with Crippen LogP contribution in [0.15, 0.2) is 47.3 Å². The Morgan fingerprint density at radius 2 is 1.94 bits per heavy atom. The minimum Gasteiger partial charge on any atom is -0.326 e. The van der Waals surface area contributed by atoms with Crippen LogP contribution in [0.1, 0.15) is 38.3 Å². The fraction of sp³-hybridized carbons (Fsp3) is 0.391. The number of carbonyl (C=O) groups is 1. The number of amides is 1. The van der Waals surface area contributed by atoms with Gasteiger partial charge in [-0.05, 0) is 62.6 Å². The average Bonchev–Trinajstić information content (AvgIpc) is 3.10. The summed E-state index contributed by atoms with van der Waals surface area (Å²) < 4.78 is 29.8.